The van der Waals surface area contributed by atoms with E-state index in [-0.39, 0.29) is 5.97 Å². The Kier molecular flexibility index (Phi) is 22.2. The zero-order valence-electron chi connectivity index (χ0n) is 22.6. The number of esters is 1. The van der Waals surface area contributed by atoms with Crippen molar-refractivity contribution in [2.45, 2.75) is 93.4 Å². The molecular weight excluding hydrogens is 434 g/mol. The molecule has 0 heterocycles. The first-order chi connectivity index (χ1) is 15.7. The summed E-state index contributed by atoms with van der Waals surface area (Å²) in [5.41, 5.74) is 3.35. The quantitative estimate of drug-likeness (QED) is 0.180. The van der Waals surface area contributed by atoms with Gasteiger partial charge in [0.2, 0.25) is 0 Å². The molecule has 33 heavy (non-hydrogen) atoms. The number of hydrogen-bond donors (Lipinski definition) is 0. The topological polar surface area (TPSA) is 47.9 Å². The van der Waals surface area contributed by atoms with Gasteiger partial charge in [-0.1, -0.05) is 83.9 Å². The third-order valence-corrected chi connectivity index (χ3v) is 5.62. The van der Waals surface area contributed by atoms with Crippen molar-refractivity contribution in [1.82, 2.24) is 0 Å². The van der Waals surface area contributed by atoms with Crippen molar-refractivity contribution in [3.63, 3.8) is 0 Å². The molecule has 0 spiro atoms. The molecule has 1 atom stereocenters. The number of unbranched alkanes of at least 4 members (excludes halogenated alkanes) is 2. The van der Waals surface area contributed by atoms with E-state index in [0.29, 0.717) is 18.1 Å². The normalized spacial score (nSPS) is 12.1. The zero-order chi connectivity index (χ0) is 25.6. The van der Waals surface area contributed by atoms with E-state index in [1.165, 1.54) is 37.7 Å². The lowest BCUT2D eigenvalue weighted by molar-refractivity contribution is -0.142. The fraction of sp³-hybridized carbons (Fsp3) is 0.643. The summed E-state index contributed by atoms with van der Waals surface area (Å²) in [4.78, 5) is 14.3. The minimum absolute atomic E-state index is 0.123. The Bertz CT molecular complexity index is 698. The smallest absolute Gasteiger partial charge is 0.305 e. The Balaban J connectivity index is 0. The number of carbonyl (C=O) groups is 1. The fourth-order valence-electron chi connectivity index (χ4n) is 2.78. The number of nitrogens with zero attached hydrogens (tertiary/aromatic N) is 1. The molecule has 0 saturated carbocycles. The molecule has 0 amide bonds. The largest absolute Gasteiger partial charge is 0.497 e. The second-order valence-corrected chi connectivity index (χ2v) is 8.36. The van der Waals surface area contributed by atoms with E-state index in [1.807, 2.05) is 24.4 Å². The molecule has 0 N–H and O–H groups in total. The number of halogens is 1. The third kappa shape index (κ3) is 16.4. The number of aliphatic imine (C=N–C) groups is 1. The first-order valence-electron chi connectivity index (χ1n) is 12.4. The van der Waals surface area contributed by atoms with Crippen molar-refractivity contribution >= 4 is 29.4 Å². The molecule has 0 aliphatic heterocycles. The summed E-state index contributed by atoms with van der Waals surface area (Å²) in [5.74, 6) is 1.60. The standard InChI is InChI=1S/C14H18ClNO.C9H20.C5H10O2/c1-5-10(2)13(9-16-3)12-7-6-11(17-4)8-14(12)15;1-4-6-7-8-9(3)5-2;1-3-5(6)7-4-2/h6-9H,5H2,1-4H3;9H,4-8H2,1-3H3;3-4H2,1-2H3/b13-10-,16-9?;;. The monoisotopic (exact) mass is 481 g/mol. The molecule has 0 aliphatic rings. The van der Waals surface area contributed by atoms with Crippen LogP contribution in [0.1, 0.15) is 99.0 Å². The molecule has 190 valence electrons. The molecule has 5 heteroatoms. The summed E-state index contributed by atoms with van der Waals surface area (Å²) in [6, 6.07) is 5.70. The van der Waals surface area contributed by atoms with E-state index in [2.05, 4.69) is 44.3 Å². The minimum Gasteiger partial charge on any atom is -0.497 e. The molecule has 0 fully saturated rings. The number of methoxy groups -OCH3 is 1. The van der Waals surface area contributed by atoms with E-state index >= 15 is 0 Å². The summed E-state index contributed by atoms with van der Waals surface area (Å²) < 4.78 is 9.69. The summed E-state index contributed by atoms with van der Waals surface area (Å²) in [7, 11) is 3.40. The van der Waals surface area contributed by atoms with Gasteiger partial charge >= 0.3 is 5.97 Å². The summed E-state index contributed by atoms with van der Waals surface area (Å²) >= 11 is 6.26. The lowest BCUT2D eigenvalue weighted by atomic mass is 10.00. The molecule has 4 nitrogen and oxygen atoms in total. The van der Waals surface area contributed by atoms with Gasteiger partial charge in [-0.2, -0.15) is 0 Å². The average Bonchev–Trinajstić information content (AvgIpc) is 2.83. The Morgan fingerprint density at radius 3 is 2.18 bits per heavy atom. The first-order valence-corrected chi connectivity index (χ1v) is 12.7. The molecule has 0 saturated heterocycles. The van der Waals surface area contributed by atoms with Crippen LogP contribution in [0.2, 0.25) is 5.02 Å². The SMILES string of the molecule is CC/C(C)=C(/C=NC)c1ccc(OC)cc1Cl.CCCCCC(C)CC.CCOC(=O)CC. The van der Waals surface area contributed by atoms with Crippen molar-refractivity contribution in [3.05, 3.63) is 34.4 Å². The molecule has 0 aromatic heterocycles. The van der Waals surface area contributed by atoms with Gasteiger partial charge in [-0.3, -0.25) is 9.79 Å². The highest BCUT2D eigenvalue weighted by molar-refractivity contribution is 6.34. The highest BCUT2D eigenvalue weighted by Crippen LogP contribution is 2.29. The van der Waals surface area contributed by atoms with E-state index in [9.17, 15) is 4.79 Å². The predicted octanol–water partition coefficient (Wildman–Crippen LogP) is 8.81. The van der Waals surface area contributed by atoms with Gasteiger partial charge in [0.25, 0.3) is 0 Å². The Morgan fingerprint density at radius 2 is 1.79 bits per heavy atom. The van der Waals surface area contributed by atoms with E-state index in [0.717, 1.165) is 29.2 Å². The first kappa shape index (κ1) is 33.4. The van der Waals surface area contributed by atoms with Gasteiger partial charge in [-0.05, 0) is 50.0 Å². The molecule has 1 unspecified atom stereocenters. The van der Waals surface area contributed by atoms with Gasteiger partial charge in [-0.15, -0.1) is 0 Å². The summed E-state index contributed by atoms with van der Waals surface area (Å²) in [6.07, 6.45) is 10.3. The van der Waals surface area contributed by atoms with E-state index in [1.54, 1.807) is 28.0 Å². The summed E-state index contributed by atoms with van der Waals surface area (Å²) in [5, 5.41) is 0.687. The number of carbonyl (C=O) groups excluding carboxylic acids is 1. The Hall–Kier alpha value is -1.81. The molecule has 1 aromatic carbocycles. The number of allylic oxidation sites excluding steroid dienone is 2. The predicted molar refractivity (Wildman–Crippen MR) is 146 cm³/mol. The maximum Gasteiger partial charge on any atom is 0.305 e. The maximum absolute atomic E-state index is 10.2. The van der Waals surface area contributed by atoms with Crippen LogP contribution in [-0.2, 0) is 9.53 Å². The Morgan fingerprint density at radius 1 is 1.12 bits per heavy atom. The van der Waals surface area contributed by atoms with Crippen molar-refractivity contribution < 1.29 is 14.3 Å². The molecule has 0 aliphatic carbocycles. The summed E-state index contributed by atoms with van der Waals surface area (Å²) in [6.45, 7) is 15.2. The van der Waals surface area contributed by atoms with Gasteiger partial charge in [0.15, 0.2) is 0 Å². The van der Waals surface area contributed by atoms with E-state index in [4.69, 9.17) is 16.3 Å². The maximum atomic E-state index is 10.2. The number of hydrogen-bond acceptors (Lipinski definition) is 4. The van der Waals surface area contributed by atoms with Crippen molar-refractivity contribution in [1.29, 1.82) is 0 Å². The van der Waals surface area contributed by atoms with Crippen LogP contribution in [0, 0.1) is 5.92 Å². The lowest BCUT2D eigenvalue weighted by Crippen LogP contribution is -2.00. The van der Waals surface area contributed by atoms with E-state index < -0.39 is 0 Å². The number of rotatable bonds is 11. The van der Waals surface area contributed by atoms with Crippen LogP contribution in [0.5, 0.6) is 5.75 Å². The van der Waals surface area contributed by atoms with Crippen molar-refractivity contribution in [2.24, 2.45) is 10.9 Å². The second kappa shape index (κ2) is 22.0. The van der Waals surface area contributed by atoms with Gasteiger partial charge in [0, 0.05) is 25.2 Å². The van der Waals surface area contributed by atoms with Crippen LogP contribution in [0.4, 0.5) is 0 Å². The van der Waals surface area contributed by atoms with Crippen LogP contribution in [0.25, 0.3) is 5.57 Å². The highest BCUT2D eigenvalue weighted by atomic mass is 35.5. The lowest BCUT2D eigenvalue weighted by Gasteiger charge is -2.10. The molecule has 0 bridgehead atoms. The second-order valence-electron chi connectivity index (χ2n) is 7.95. The van der Waals surface area contributed by atoms with Crippen molar-refractivity contribution in [2.75, 3.05) is 20.8 Å². The van der Waals surface area contributed by atoms with Crippen LogP contribution < -0.4 is 4.74 Å². The molecule has 0 radical (unpaired) electrons. The van der Waals surface area contributed by atoms with Gasteiger partial charge in [0.05, 0.1) is 18.7 Å². The number of benzene rings is 1. The fourth-order valence-corrected chi connectivity index (χ4v) is 3.05. The zero-order valence-corrected chi connectivity index (χ0v) is 23.3. The number of ether oxygens (including phenoxy) is 2. The van der Waals surface area contributed by atoms with Crippen LogP contribution in [0.15, 0.2) is 28.8 Å². The van der Waals surface area contributed by atoms with Crippen LogP contribution in [0.3, 0.4) is 0 Å². The van der Waals surface area contributed by atoms with Crippen LogP contribution >= 0.6 is 11.6 Å². The third-order valence-electron chi connectivity index (χ3n) is 5.31. The molecule has 1 rings (SSSR count). The molecule has 1 aromatic rings. The van der Waals surface area contributed by atoms with Gasteiger partial charge in [0.1, 0.15) is 5.75 Å². The molecular formula is C28H48ClNO3. The van der Waals surface area contributed by atoms with Crippen LogP contribution in [-0.4, -0.2) is 32.9 Å². The van der Waals surface area contributed by atoms with Crippen molar-refractivity contribution in [3.8, 4) is 5.75 Å². The Labute approximate surface area is 208 Å². The minimum atomic E-state index is -0.123. The van der Waals surface area contributed by atoms with Gasteiger partial charge in [-0.25, -0.2) is 0 Å². The highest BCUT2D eigenvalue weighted by Gasteiger charge is 2.08. The van der Waals surface area contributed by atoms with Gasteiger partial charge < -0.3 is 9.47 Å². The average molecular weight is 482 g/mol.